The van der Waals surface area contributed by atoms with Crippen LogP contribution in [0, 0.1) is 0 Å². The van der Waals surface area contributed by atoms with Crippen molar-refractivity contribution in [3.8, 4) is 5.75 Å². The van der Waals surface area contributed by atoms with Crippen molar-refractivity contribution in [1.29, 1.82) is 0 Å². The van der Waals surface area contributed by atoms with Crippen molar-refractivity contribution in [3.63, 3.8) is 0 Å². The molecule has 1 aliphatic rings. The molecule has 0 radical (unpaired) electrons. The summed E-state index contributed by atoms with van der Waals surface area (Å²) >= 11 is 6.15. The SMILES string of the molecule is O=C(Oc1ccc(Cl)c2ccccc12)N1CCOCC1. The molecule has 1 saturated heterocycles. The Bertz CT molecular complexity index is 638. The van der Waals surface area contributed by atoms with Crippen LogP contribution in [0.4, 0.5) is 4.79 Å². The second-order valence-corrected chi connectivity index (χ2v) is 4.97. The van der Waals surface area contributed by atoms with Crippen LogP contribution >= 0.6 is 11.6 Å². The number of carbonyl (C=O) groups is 1. The molecular weight excluding hydrogens is 278 g/mol. The first-order valence-electron chi connectivity index (χ1n) is 6.47. The van der Waals surface area contributed by atoms with Crippen molar-refractivity contribution in [2.75, 3.05) is 26.3 Å². The van der Waals surface area contributed by atoms with Gasteiger partial charge in [0.25, 0.3) is 0 Å². The van der Waals surface area contributed by atoms with Crippen LogP contribution in [0.15, 0.2) is 36.4 Å². The number of morpholine rings is 1. The third-order valence-electron chi connectivity index (χ3n) is 3.30. The Morgan fingerprint density at radius 3 is 2.55 bits per heavy atom. The quantitative estimate of drug-likeness (QED) is 0.809. The van der Waals surface area contributed by atoms with Gasteiger partial charge < -0.3 is 14.4 Å². The smallest absolute Gasteiger partial charge is 0.410 e. The van der Waals surface area contributed by atoms with E-state index in [9.17, 15) is 4.79 Å². The largest absolute Gasteiger partial charge is 0.415 e. The van der Waals surface area contributed by atoms with Crippen molar-refractivity contribution in [2.24, 2.45) is 0 Å². The number of halogens is 1. The van der Waals surface area contributed by atoms with E-state index in [1.54, 1.807) is 17.0 Å². The highest BCUT2D eigenvalue weighted by atomic mass is 35.5. The Morgan fingerprint density at radius 2 is 1.80 bits per heavy atom. The topological polar surface area (TPSA) is 38.8 Å². The summed E-state index contributed by atoms with van der Waals surface area (Å²) in [5, 5.41) is 2.36. The van der Waals surface area contributed by atoms with Gasteiger partial charge >= 0.3 is 6.09 Å². The zero-order valence-corrected chi connectivity index (χ0v) is 11.6. The number of ether oxygens (including phenoxy) is 2. The fourth-order valence-electron chi connectivity index (χ4n) is 2.23. The predicted octanol–water partition coefficient (Wildman–Crippen LogP) is 3.32. The Kier molecular flexibility index (Phi) is 3.76. The first-order valence-corrected chi connectivity index (χ1v) is 6.85. The van der Waals surface area contributed by atoms with Gasteiger partial charge in [-0.2, -0.15) is 0 Å². The van der Waals surface area contributed by atoms with E-state index in [0.717, 1.165) is 10.8 Å². The third-order valence-corrected chi connectivity index (χ3v) is 3.63. The minimum absolute atomic E-state index is 0.347. The fraction of sp³-hybridized carbons (Fsp3) is 0.267. The molecule has 5 heteroatoms. The first kappa shape index (κ1) is 13.2. The molecule has 0 aromatic heterocycles. The fourth-order valence-corrected chi connectivity index (χ4v) is 2.46. The lowest BCUT2D eigenvalue weighted by Gasteiger charge is -2.26. The molecule has 20 heavy (non-hydrogen) atoms. The summed E-state index contributed by atoms with van der Waals surface area (Å²) in [6.45, 7) is 2.22. The van der Waals surface area contributed by atoms with Gasteiger partial charge in [0, 0.05) is 28.9 Å². The van der Waals surface area contributed by atoms with Crippen LogP contribution in [-0.2, 0) is 4.74 Å². The van der Waals surface area contributed by atoms with Gasteiger partial charge in [-0.15, -0.1) is 0 Å². The minimum Gasteiger partial charge on any atom is -0.410 e. The van der Waals surface area contributed by atoms with Crippen LogP contribution in [-0.4, -0.2) is 37.3 Å². The Hall–Kier alpha value is -1.78. The molecule has 2 aromatic carbocycles. The van der Waals surface area contributed by atoms with Crippen molar-refractivity contribution in [1.82, 2.24) is 4.90 Å². The number of amides is 1. The van der Waals surface area contributed by atoms with Gasteiger partial charge in [0.2, 0.25) is 0 Å². The average Bonchev–Trinajstić information content (AvgIpc) is 2.51. The number of hydrogen-bond donors (Lipinski definition) is 0. The molecular formula is C15H14ClNO3. The molecule has 1 fully saturated rings. The van der Waals surface area contributed by atoms with Gasteiger partial charge in [0.1, 0.15) is 5.75 Å². The van der Waals surface area contributed by atoms with Gasteiger partial charge in [0.15, 0.2) is 0 Å². The maximum absolute atomic E-state index is 12.1. The number of benzene rings is 2. The van der Waals surface area contributed by atoms with Gasteiger partial charge in [-0.05, 0) is 12.1 Å². The van der Waals surface area contributed by atoms with Crippen LogP contribution in [0.1, 0.15) is 0 Å². The molecule has 0 N–H and O–H groups in total. The van der Waals surface area contributed by atoms with Crippen molar-refractivity contribution < 1.29 is 14.3 Å². The average molecular weight is 292 g/mol. The lowest BCUT2D eigenvalue weighted by Crippen LogP contribution is -2.42. The third kappa shape index (κ3) is 2.57. The van der Waals surface area contributed by atoms with Gasteiger partial charge in [-0.3, -0.25) is 0 Å². The number of rotatable bonds is 1. The van der Waals surface area contributed by atoms with Gasteiger partial charge in [0.05, 0.1) is 13.2 Å². The van der Waals surface area contributed by atoms with E-state index >= 15 is 0 Å². The first-order chi connectivity index (χ1) is 9.75. The second-order valence-electron chi connectivity index (χ2n) is 4.56. The Morgan fingerprint density at radius 1 is 1.10 bits per heavy atom. The monoisotopic (exact) mass is 291 g/mol. The standard InChI is InChI=1S/C15H14ClNO3/c16-13-5-6-14(12-4-2-1-3-11(12)13)20-15(18)17-7-9-19-10-8-17/h1-6H,7-10H2. The lowest BCUT2D eigenvalue weighted by molar-refractivity contribution is 0.0417. The highest BCUT2D eigenvalue weighted by Gasteiger charge is 2.19. The molecule has 1 heterocycles. The molecule has 0 saturated carbocycles. The van der Waals surface area contributed by atoms with Crippen LogP contribution in [0.2, 0.25) is 5.02 Å². The normalized spacial score (nSPS) is 15.3. The number of nitrogens with zero attached hydrogens (tertiary/aromatic N) is 1. The molecule has 2 aromatic rings. The van der Waals surface area contributed by atoms with Crippen LogP contribution in [0.25, 0.3) is 10.8 Å². The summed E-state index contributed by atoms with van der Waals surface area (Å²) in [6, 6.07) is 11.1. The minimum atomic E-state index is -0.347. The zero-order chi connectivity index (χ0) is 13.9. The number of fused-ring (bicyclic) bond motifs is 1. The molecule has 0 bridgehead atoms. The molecule has 1 aliphatic heterocycles. The van der Waals surface area contributed by atoms with E-state index in [-0.39, 0.29) is 6.09 Å². The van der Waals surface area contributed by atoms with Gasteiger partial charge in [-0.25, -0.2) is 4.79 Å². The number of hydrogen-bond acceptors (Lipinski definition) is 3. The molecule has 0 spiro atoms. The van der Waals surface area contributed by atoms with E-state index < -0.39 is 0 Å². The molecule has 1 amide bonds. The molecule has 0 atom stereocenters. The molecule has 3 rings (SSSR count). The lowest BCUT2D eigenvalue weighted by atomic mass is 10.1. The summed E-state index contributed by atoms with van der Waals surface area (Å²) in [7, 11) is 0. The zero-order valence-electron chi connectivity index (χ0n) is 10.8. The molecule has 104 valence electrons. The van der Waals surface area contributed by atoms with Crippen LogP contribution in [0.5, 0.6) is 5.75 Å². The van der Waals surface area contributed by atoms with Gasteiger partial charge in [-0.1, -0.05) is 35.9 Å². The maximum Gasteiger partial charge on any atom is 0.415 e. The van der Waals surface area contributed by atoms with Crippen molar-refractivity contribution in [2.45, 2.75) is 0 Å². The van der Waals surface area contributed by atoms with Crippen molar-refractivity contribution in [3.05, 3.63) is 41.4 Å². The van der Waals surface area contributed by atoms with E-state index in [1.807, 2.05) is 24.3 Å². The highest BCUT2D eigenvalue weighted by Crippen LogP contribution is 2.31. The number of carbonyl (C=O) groups excluding carboxylic acids is 1. The van der Waals surface area contributed by atoms with Crippen LogP contribution in [0.3, 0.4) is 0 Å². The Labute approximate surface area is 121 Å². The molecule has 0 unspecified atom stereocenters. The summed E-state index contributed by atoms with van der Waals surface area (Å²) in [5.41, 5.74) is 0. The Balaban J connectivity index is 1.87. The van der Waals surface area contributed by atoms with E-state index in [1.165, 1.54) is 0 Å². The second kappa shape index (κ2) is 5.69. The molecule has 0 aliphatic carbocycles. The van der Waals surface area contributed by atoms with Crippen molar-refractivity contribution >= 4 is 28.5 Å². The summed E-state index contributed by atoms with van der Waals surface area (Å²) in [6.07, 6.45) is -0.347. The highest BCUT2D eigenvalue weighted by molar-refractivity contribution is 6.35. The van der Waals surface area contributed by atoms with E-state index in [0.29, 0.717) is 37.1 Å². The maximum atomic E-state index is 12.1. The summed E-state index contributed by atoms with van der Waals surface area (Å²) in [5.74, 6) is 0.529. The summed E-state index contributed by atoms with van der Waals surface area (Å²) in [4.78, 5) is 13.8. The molecule has 4 nitrogen and oxygen atoms in total. The van der Waals surface area contributed by atoms with E-state index in [2.05, 4.69) is 0 Å². The predicted molar refractivity (Wildman–Crippen MR) is 77.4 cm³/mol. The van der Waals surface area contributed by atoms with E-state index in [4.69, 9.17) is 21.1 Å². The summed E-state index contributed by atoms with van der Waals surface area (Å²) < 4.78 is 10.7. The van der Waals surface area contributed by atoms with Crippen LogP contribution < -0.4 is 4.74 Å².